The lowest BCUT2D eigenvalue weighted by molar-refractivity contribution is 0.0981. The molecule has 1 aromatic carbocycles. The first-order chi connectivity index (χ1) is 9.25. The van der Waals surface area contributed by atoms with Gasteiger partial charge < -0.3 is 4.74 Å². The van der Waals surface area contributed by atoms with Gasteiger partial charge in [-0.1, -0.05) is 20.8 Å². The second-order valence-electron chi connectivity index (χ2n) is 6.34. The Morgan fingerprint density at radius 2 is 1.95 bits per heavy atom. The van der Waals surface area contributed by atoms with E-state index in [1.165, 1.54) is 0 Å². The monoisotopic (exact) mass is 296 g/mol. The highest BCUT2D eigenvalue weighted by Crippen LogP contribution is 2.33. The summed E-state index contributed by atoms with van der Waals surface area (Å²) in [6.45, 7) is 10.4. The van der Waals surface area contributed by atoms with Crippen molar-refractivity contribution in [1.82, 2.24) is 0 Å². The van der Waals surface area contributed by atoms with Gasteiger partial charge in [0.25, 0.3) is 0 Å². The van der Waals surface area contributed by atoms with E-state index in [1.54, 1.807) is 0 Å². The Balaban J connectivity index is 3.11. The van der Waals surface area contributed by atoms with E-state index in [-0.39, 0.29) is 17.3 Å². The maximum atomic E-state index is 12.1. The topological polar surface area (TPSA) is 26.3 Å². The molecule has 0 heterocycles. The summed E-state index contributed by atoms with van der Waals surface area (Å²) in [6, 6.07) is 5.73. The molecule has 112 valence electrons. The number of hydrogen-bond acceptors (Lipinski definition) is 2. The lowest BCUT2D eigenvalue weighted by Crippen LogP contribution is -2.17. The van der Waals surface area contributed by atoms with Crippen molar-refractivity contribution in [3.05, 3.63) is 29.3 Å². The van der Waals surface area contributed by atoms with Crippen molar-refractivity contribution < 1.29 is 9.53 Å². The molecule has 0 amide bonds. The van der Waals surface area contributed by atoms with Crippen LogP contribution in [-0.4, -0.2) is 17.8 Å². The zero-order chi connectivity index (χ0) is 15.3. The Kier molecular flexibility index (Phi) is 6.07. The first-order valence-electron chi connectivity index (χ1n) is 7.16. The number of rotatable bonds is 6. The van der Waals surface area contributed by atoms with Crippen LogP contribution in [0.25, 0.3) is 0 Å². The van der Waals surface area contributed by atoms with Crippen LogP contribution in [0.3, 0.4) is 0 Å². The number of halogens is 1. The van der Waals surface area contributed by atoms with Crippen molar-refractivity contribution >= 4 is 17.4 Å². The van der Waals surface area contributed by atoms with Crippen LogP contribution >= 0.6 is 11.6 Å². The van der Waals surface area contributed by atoms with Crippen molar-refractivity contribution in [1.29, 1.82) is 0 Å². The van der Waals surface area contributed by atoms with Gasteiger partial charge in [0.05, 0.1) is 6.10 Å². The minimum atomic E-state index is -0.0625. The van der Waals surface area contributed by atoms with Crippen LogP contribution in [-0.2, 0) is 5.41 Å². The highest BCUT2D eigenvalue weighted by molar-refractivity contribution is 6.18. The van der Waals surface area contributed by atoms with E-state index >= 15 is 0 Å². The Labute approximate surface area is 127 Å². The van der Waals surface area contributed by atoms with Gasteiger partial charge in [0.15, 0.2) is 5.78 Å². The minimum absolute atomic E-state index is 0.0625. The minimum Gasteiger partial charge on any atom is -0.491 e. The number of alkyl halides is 1. The van der Waals surface area contributed by atoms with Gasteiger partial charge in [-0.25, -0.2) is 0 Å². The fourth-order valence-electron chi connectivity index (χ4n) is 2.02. The average molecular weight is 297 g/mol. The van der Waals surface area contributed by atoms with E-state index in [4.69, 9.17) is 16.3 Å². The van der Waals surface area contributed by atoms with Gasteiger partial charge in [-0.05, 0) is 43.9 Å². The summed E-state index contributed by atoms with van der Waals surface area (Å²) in [7, 11) is 0. The molecule has 20 heavy (non-hydrogen) atoms. The zero-order valence-electron chi connectivity index (χ0n) is 13.1. The highest BCUT2D eigenvalue weighted by Gasteiger charge is 2.21. The number of Topliss-reactive ketones (excluding diaryl/α,β-unsaturated/α-hetero) is 1. The molecule has 0 spiro atoms. The van der Waals surface area contributed by atoms with Crippen LogP contribution in [0.5, 0.6) is 5.75 Å². The molecule has 0 aliphatic heterocycles. The van der Waals surface area contributed by atoms with Gasteiger partial charge in [-0.15, -0.1) is 11.6 Å². The second kappa shape index (κ2) is 7.12. The summed E-state index contributed by atoms with van der Waals surface area (Å²) in [4.78, 5) is 12.1. The number of carbonyl (C=O) groups is 1. The quantitative estimate of drug-likeness (QED) is 0.547. The molecule has 1 rings (SSSR count). The Morgan fingerprint density at radius 1 is 1.30 bits per heavy atom. The molecular weight excluding hydrogens is 272 g/mol. The predicted octanol–water partition coefficient (Wildman–Crippen LogP) is 4.97. The maximum Gasteiger partial charge on any atom is 0.162 e. The van der Waals surface area contributed by atoms with E-state index in [0.717, 1.165) is 23.3 Å². The number of hydrogen-bond donors (Lipinski definition) is 0. The smallest absolute Gasteiger partial charge is 0.162 e. The maximum absolute atomic E-state index is 12.1. The molecular formula is C17H25ClO2. The number of carbonyl (C=O) groups excluding carboxylic acids is 1. The molecule has 0 aliphatic carbocycles. The molecule has 1 aromatic rings. The average Bonchev–Trinajstić information content (AvgIpc) is 2.34. The first-order valence-corrected chi connectivity index (χ1v) is 7.69. The van der Waals surface area contributed by atoms with Crippen LogP contribution in [0, 0.1) is 0 Å². The summed E-state index contributed by atoms with van der Waals surface area (Å²) in [6.07, 6.45) is 1.33. The van der Waals surface area contributed by atoms with Crippen molar-refractivity contribution in [3.8, 4) is 5.75 Å². The van der Waals surface area contributed by atoms with Crippen LogP contribution in [0.1, 0.15) is 63.4 Å². The molecule has 0 saturated carbocycles. The molecule has 0 aromatic heterocycles. The third kappa shape index (κ3) is 4.82. The molecule has 2 nitrogen and oxygen atoms in total. The Bertz CT molecular complexity index is 459. The van der Waals surface area contributed by atoms with E-state index in [0.29, 0.717) is 12.3 Å². The van der Waals surface area contributed by atoms with Crippen molar-refractivity contribution in [3.63, 3.8) is 0 Å². The van der Waals surface area contributed by atoms with Gasteiger partial charge in [-0.3, -0.25) is 4.79 Å². The van der Waals surface area contributed by atoms with Crippen LogP contribution in [0.2, 0.25) is 0 Å². The molecule has 0 bridgehead atoms. The normalized spacial score (nSPS) is 11.8. The van der Waals surface area contributed by atoms with Crippen molar-refractivity contribution in [2.75, 3.05) is 5.88 Å². The molecule has 3 heteroatoms. The van der Waals surface area contributed by atoms with Gasteiger partial charge in [0.1, 0.15) is 5.75 Å². The number of ether oxygens (including phenoxy) is 1. The molecule has 0 atom stereocenters. The summed E-state index contributed by atoms with van der Waals surface area (Å²) in [5, 5.41) is 0. The third-order valence-electron chi connectivity index (χ3n) is 3.01. The first kappa shape index (κ1) is 17.0. The van der Waals surface area contributed by atoms with Gasteiger partial charge in [0.2, 0.25) is 0 Å². The van der Waals surface area contributed by atoms with Crippen LogP contribution < -0.4 is 4.74 Å². The fourth-order valence-corrected chi connectivity index (χ4v) is 2.15. The fraction of sp³-hybridized carbons (Fsp3) is 0.588. The van der Waals surface area contributed by atoms with Gasteiger partial charge >= 0.3 is 0 Å². The second-order valence-corrected chi connectivity index (χ2v) is 6.72. The van der Waals surface area contributed by atoms with Crippen LogP contribution in [0.4, 0.5) is 0 Å². The summed E-state index contributed by atoms with van der Waals surface area (Å²) in [5.41, 5.74) is 1.76. The predicted molar refractivity (Wildman–Crippen MR) is 85.2 cm³/mol. The Morgan fingerprint density at radius 3 is 2.45 bits per heavy atom. The summed E-state index contributed by atoms with van der Waals surface area (Å²) < 4.78 is 5.86. The van der Waals surface area contributed by atoms with E-state index in [2.05, 4.69) is 20.8 Å². The lowest BCUT2D eigenvalue weighted by atomic mass is 9.84. The van der Waals surface area contributed by atoms with E-state index in [9.17, 15) is 4.79 Å². The molecule has 0 N–H and O–H groups in total. The Hall–Kier alpha value is -1.02. The van der Waals surface area contributed by atoms with Crippen molar-refractivity contribution in [2.24, 2.45) is 0 Å². The number of ketones is 1. The standard InChI is InChI=1S/C17H25ClO2/c1-12(2)20-16-9-8-13(15(19)7-6-10-18)11-14(16)17(3,4)5/h8-9,11-12H,6-7,10H2,1-5H3. The SMILES string of the molecule is CC(C)Oc1ccc(C(=O)CCCCl)cc1C(C)(C)C. The summed E-state index contributed by atoms with van der Waals surface area (Å²) >= 11 is 5.65. The van der Waals surface area contributed by atoms with E-state index < -0.39 is 0 Å². The third-order valence-corrected chi connectivity index (χ3v) is 3.28. The molecule has 0 radical (unpaired) electrons. The largest absolute Gasteiger partial charge is 0.491 e. The van der Waals surface area contributed by atoms with Gasteiger partial charge in [0, 0.05) is 23.4 Å². The van der Waals surface area contributed by atoms with E-state index in [1.807, 2.05) is 32.0 Å². The molecule has 0 saturated heterocycles. The van der Waals surface area contributed by atoms with Gasteiger partial charge in [-0.2, -0.15) is 0 Å². The molecule has 0 unspecified atom stereocenters. The molecule has 0 aliphatic rings. The van der Waals surface area contributed by atoms with Crippen molar-refractivity contribution in [2.45, 2.75) is 59.0 Å². The molecule has 0 fully saturated rings. The summed E-state index contributed by atoms with van der Waals surface area (Å²) in [5.74, 6) is 1.53. The number of benzene rings is 1. The zero-order valence-corrected chi connectivity index (χ0v) is 13.9. The highest BCUT2D eigenvalue weighted by atomic mass is 35.5. The van der Waals surface area contributed by atoms with Crippen LogP contribution in [0.15, 0.2) is 18.2 Å². The lowest BCUT2D eigenvalue weighted by Gasteiger charge is -2.24.